The van der Waals surface area contributed by atoms with Gasteiger partial charge in [-0.25, -0.2) is 4.98 Å². The number of nitrogens with zero attached hydrogens (tertiary/aromatic N) is 2. The number of hydrogen-bond acceptors (Lipinski definition) is 2. The summed E-state index contributed by atoms with van der Waals surface area (Å²) in [5, 5.41) is 0. The Morgan fingerprint density at radius 2 is 1.60 bits per heavy atom. The number of aromatic nitrogens is 3. The second kappa shape index (κ2) is 4.44. The van der Waals surface area contributed by atoms with E-state index in [-0.39, 0.29) is 5.41 Å². The summed E-state index contributed by atoms with van der Waals surface area (Å²) in [5.74, 6) is 0. The molecule has 0 unspecified atom stereocenters. The maximum atomic E-state index is 4.39. The molecule has 0 aliphatic rings. The zero-order chi connectivity index (χ0) is 14.3. The highest BCUT2D eigenvalue weighted by molar-refractivity contribution is 5.84. The van der Waals surface area contributed by atoms with Crippen molar-refractivity contribution in [1.82, 2.24) is 15.0 Å². The first-order chi connectivity index (χ1) is 9.47. The number of fused-ring (bicyclic) bond motifs is 1. The normalized spacial score (nSPS) is 12.0. The van der Waals surface area contributed by atoms with Crippen LogP contribution in [0.4, 0.5) is 0 Å². The molecule has 3 heteroatoms. The van der Waals surface area contributed by atoms with Crippen LogP contribution >= 0.6 is 0 Å². The smallest absolute Gasteiger partial charge is 0.156 e. The Morgan fingerprint density at radius 1 is 0.950 bits per heavy atom. The molecule has 3 nitrogen and oxygen atoms in total. The standard InChI is InChI=1S/C17H19N3/c1-11-14(20-16-15(11)18-9-10-19-16)12-5-7-13(8-6-12)17(2,3)4/h5-10H,1-4H3,(H,19,20). The maximum absolute atomic E-state index is 4.39. The molecule has 0 saturated heterocycles. The van der Waals surface area contributed by atoms with E-state index < -0.39 is 0 Å². The molecule has 0 aliphatic heterocycles. The monoisotopic (exact) mass is 265 g/mol. The molecule has 0 radical (unpaired) electrons. The fraction of sp³-hybridized carbons (Fsp3) is 0.294. The van der Waals surface area contributed by atoms with Crippen LogP contribution in [0.1, 0.15) is 31.9 Å². The predicted octanol–water partition coefficient (Wildman–Crippen LogP) is 4.23. The van der Waals surface area contributed by atoms with Crippen LogP contribution < -0.4 is 0 Å². The lowest BCUT2D eigenvalue weighted by molar-refractivity contribution is 0.590. The first kappa shape index (κ1) is 12.9. The molecule has 2 aromatic heterocycles. The molecule has 1 aromatic carbocycles. The second-order valence-electron chi connectivity index (χ2n) is 6.21. The van der Waals surface area contributed by atoms with Gasteiger partial charge in [-0.05, 0) is 23.5 Å². The fourth-order valence-electron chi connectivity index (χ4n) is 2.46. The van der Waals surface area contributed by atoms with E-state index in [1.165, 1.54) is 11.1 Å². The van der Waals surface area contributed by atoms with E-state index in [9.17, 15) is 0 Å². The molecule has 0 atom stereocenters. The van der Waals surface area contributed by atoms with Crippen molar-refractivity contribution < 1.29 is 0 Å². The molecule has 0 spiro atoms. The Labute approximate surface area is 119 Å². The molecular formula is C17H19N3. The van der Waals surface area contributed by atoms with Crippen molar-refractivity contribution in [1.29, 1.82) is 0 Å². The van der Waals surface area contributed by atoms with Gasteiger partial charge >= 0.3 is 0 Å². The van der Waals surface area contributed by atoms with Gasteiger partial charge < -0.3 is 4.98 Å². The van der Waals surface area contributed by atoms with Crippen molar-refractivity contribution >= 4 is 11.2 Å². The Morgan fingerprint density at radius 3 is 2.20 bits per heavy atom. The molecule has 20 heavy (non-hydrogen) atoms. The topological polar surface area (TPSA) is 41.6 Å². The number of H-pyrrole nitrogens is 1. The van der Waals surface area contributed by atoms with Crippen LogP contribution in [0.15, 0.2) is 36.7 Å². The zero-order valence-corrected chi connectivity index (χ0v) is 12.4. The van der Waals surface area contributed by atoms with E-state index in [0.717, 1.165) is 22.4 Å². The van der Waals surface area contributed by atoms with Crippen molar-refractivity contribution in [2.45, 2.75) is 33.1 Å². The van der Waals surface area contributed by atoms with E-state index in [4.69, 9.17) is 0 Å². The average Bonchev–Trinajstić information content (AvgIpc) is 2.76. The van der Waals surface area contributed by atoms with Crippen molar-refractivity contribution in [3.8, 4) is 11.3 Å². The van der Waals surface area contributed by atoms with Crippen molar-refractivity contribution in [3.05, 3.63) is 47.8 Å². The Bertz CT molecular complexity index is 746. The number of benzene rings is 1. The van der Waals surface area contributed by atoms with Gasteiger partial charge in [0.05, 0.1) is 5.69 Å². The summed E-state index contributed by atoms with van der Waals surface area (Å²) >= 11 is 0. The third-order valence-corrected chi connectivity index (χ3v) is 3.71. The van der Waals surface area contributed by atoms with Crippen LogP contribution in [0.5, 0.6) is 0 Å². The van der Waals surface area contributed by atoms with Gasteiger partial charge in [-0.3, -0.25) is 4.98 Å². The van der Waals surface area contributed by atoms with E-state index >= 15 is 0 Å². The summed E-state index contributed by atoms with van der Waals surface area (Å²) in [7, 11) is 0. The third-order valence-electron chi connectivity index (χ3n) is 3.71. The molecule has 0 bridgehead atoms. The Hall–Kier alpha value is -2.16. The molecule has 0 saturated carbocycles. The minimum absolute atomic E-state index is 0.178. The molecule has 3 aromatic rings. The molecule has 1 N–H and O–H groups in total. The van der Waals surface area contributed by atoms with E-state index in [2.05, 4.69) is 66.9 Å². The number of rotatable bonds is 1. The summed E-state index contributed by atoms with van der Waals surface area (Å²) in [6.07, 6.45) is 3.44. The van der Waals surface area contributed by atoms with Crippen LogP contribution in [-0.2, 0) is 5.41 Å². The van der Waals surface area contributed by atoms with Gasteiger partial charge in [0.2, 0.25) is 0 Å². The molecule has 0 fully saturated rings. The molecular weight excluding hydrogens is 246 g/mol. The zero-order valence-electron chi connectivity index (χ0n) is 12.4. The lowest BCUT2D eigenvalue weighted by atomic mass is 9.86. The lowest BCUT2D eigenvalue weighted by Crippen LogP contribution is -2.10. The van der Waals surface area contributed by atoms with Crippen LogP contribution in [0.25, 0.3) is 22.4 Å². The number of aromatic amines is 1. The van der Waals surface area contributed by atoms with Gasteiger partial charge in [0.15, 0.2) is 5.65 Å². The van der Waals surface area contributed by atoms with Gasteiger partial charge in [0, 0.05) is 18.0 Å². The molecule has 0 aliphatic carbocycles. The van der Waals surface area contributed by atoms with Gasteiger partial charge in [-0.1, -0.05) is 45.0 Å². The highest BCUT2D eigenvalue weighted by atomic mass is 14.9. The van der Waals surface area contributed by atoms with Gasteiger partial charge in [-0.15, -0.1) is 0 Å². The minimum Gasteiger partial charge on any atom is -0.338 e. The van der Waals surface area contributed by atoms with E-state index in [1.807, 2.05) is 0 Å². The quantitative estimate of drug-likeness (QED) is 0.715. The summed E-state index contributed by atoms with van der Waals surface area (Å²) in [5.41, 5.74) is 6.74. The van der Waals surface area contributed by atoms with E-state index in [1.54, 1.807) is 12.4 Å². The molecule has 2 heterocycles. The highest BCUT2D eigenvalue weighted by Gasteiger charge is 2.15. The third kappa shape index (κ3) is 2.09. The predicted molar refractivity (Wildman–Crippen MR) is 82.8 cm³/mol. The first-order valence-corrected chi connectivity index (χ1v) is 6.87. The molecule has 0 amide bonds. The SMILES string of the molecule is Cc1c(-c2ccc(C(C)(C)C)cc2)[nH]c2nccnc12. The van der Waals surface area contributed by atoms with E-state index in [0.29, 0.717) is 0 Å². The highest BCUT2D eigenvalue weighted by Crippen LogP contribution is 2.29. The maximum Gasteiger partial charge on any atom is 0.156 e. The van der Waals surface area contributed by atoms with Crippen LogP contribution in [0, 0.1) is 6.92 Å². The average molecular weight is 265 g/mol. The lowest BCUT2D eigenvalue weighted by Gasteiger charge is -2.19. The fourth-order valence-corrected chi connectivity index (χ4v) is 2.46. The van der Waals surface area contributed by atoms with Crippen molar-refractivity contribution in [3.63, 3.8) is 0 Å². The summed E-state index contributed by atoms with van der Waals surface area (Å²) < 4.78 is 0. The van der Waals surface area contributed by atoms with Gasteiger partial charge in [0.25, 0.3) is 0 Å². The first-order valence-electron chi connectivity index (χ1n) is 6.87. The van der Waals surface area contributed by atoms with Gasteiger partial charge in [0.1, 0.15) is 5.52 Å². The molecule has 3 rings (SSSR count). The summed E-state index contributed by atoms with van der Waals surface area (Å²) in [6, 6.07) is 8.72. The summed E-state index contributed by atoms with van der Waals surface area (Å²) in [4.78, 5) is 12.1. The van der Waals surface area contributed by atoms with Crippen LogP contribution in [0.2, 0.25) is 0 Å². The number of aryl methyl sites for hydroxylation is 1. The van der Waals surface area contributed by atoms with Crippen LogP contribution in [0.3, 0.4) is 0 Å². The number of hydrogen-bond donors (Lipinski definition) is 1. The van der Waals surface area contributed by atoms with Crippen LogP contribution in [-0.4, -0.2) is 15.0 Å². The van der Waals surface area contributed by atoms with Crippen molar-refractivity contribution in [2.24, 2.45) is 0 Å². The molecule has 102 valence electrons. The number of nitrogens with one attached hydrogen (secondary N) is 1. The summed E-state index contributed by atoms with van der Waals surface area (Å²) in [6.45, 7) is 8.76. The van der Waals surface area contributed by atoms with Crippen molar-refractivity contribution in [2.75, 3.05) is 0 Å². The minimum atomic E-state index is 0.178. The second-order valence-corrected chi connectivity index (χ2v) is 6.21. The van der Waals surface area contributed by atoms with Gasteiger partial charge in [-0.2, -0.15) is 0 Å². The largest absolute Gasteiger partial charge is 0.338 e. The Balaban J connectivity index is 2.09. The Kier molecular flexibility index (Phi) is 2.85.